The van der Waals surface area contributed by atoms with Gasteiger partial charge in [0.05, 0.1) is 6.10 Å². The molecule has 2 nitrogen and oxygen atoms in total. The summed E-state index contributed by atoms with van der Waals surface area (Å²) in [6.45, 7) is 7.60. The van der Waals surface area contributed by atoms with Crippen LogP contribution in [0.15, 0.2) is 0 Å². The maximum absolute atomic E-state index is 8.68. The van der Waals surface area contributed by atoms with Gasteiger partial charge in [-0.25, -0.2) is 0 Å². The molecule has 2 heteroatoms. The first-order valence-electron chi connectivity index (χ1n) is 5.93. The highest BCUT2D eigenvalue weighted by molar-refractivity contribution is 4.56. The van der Waals surface area contributed by atoms with Gasteiger partial charge in [-0.3, -0.25) is 0 Å². The largest absolute Gasteiger partial charge is 0.396 e. The van der Waals surface area contributed by atoms with Crippen LogP contribution < -0.4 is 0 Å². The van der Waals surface area contributed by atoms with E-state index in [1.807, 2.05) is 6.92 Å². The second-order valence-corrected chi connectivity index (χ2v) is 4.17. The summed E-state index contributed by atoms with van der Waals surface area (Å²) in [5, 5.41) is 8.68. The Balaban J connectivity index is 3.25. The van der Waals surface area contributed by atoms with E-state index in [-0.39, 0.29) is 0 Å². The molecule has 1 unspecified atom stereocenters. The highest BCUT2D eigenvalue weighted by Crippen LogP contribution is 2.15. The van der Waals surface area contributed by atoms with Crippen LogP contribution in [0.1, 0.15) is 52.9 Å². The molecule has 0 saturated carbocycles. The van der Waals surface area contributed by atoms with Gasteiger partial charge in [0.2, 0.25) is 0 Å². The highest BCUT2D eigenvalue weighted by Gasteiger charge is 2.04. The van der Waals surface area contributed by atoms with Crippen LogP contribution in [-0.2, 0) is 4.74 Å². The van der Waals surface area contributed by atoms with E-state index < -0.39 is 0 Å². The van der Waals surface area contributed by atoms with Gasteiger partial charge in [0.1, 0.15) is 0 Å². The van der Waals surface area contributed by atoms with Gasteiger partial charge < -0.3 is 9.84 Å². The van der Waals surface area contributed by atoms with Crippen molar-refractivity contribution >= 4 is 0 Å². The Morgan fingerprint density at radius 1 is 1.07 bits per heavy atom. The Kier molecular flexibility index (Phi) is 9.42. The average Bonchev–Trinajstić information content (AvgIpc) is 2.15. The lowest BCUT2D eigenvalue weighted by atomic mass is 9.98. The average molecular weight is 202 g/mol. The van der Waals surface area contributed by atoms with E-state index in [9.17, 15) is 0 Å². The fourth-order valence-corrected chi connectivity index (χ4v) is 1.71. The van der Waals surface area contributed by atoms with Gasteiger partial charge in [-0.15, -0.1) is 0 Å². The van der Waals surface area contributed by atoms with Gasteiger partial charge in [-0.1, -0.05) is 19.8 Å². The van der Waals surface area contributed by atoms with Crippen molar-refractivity contribution in [1.29, 1.82) is 0 Å². The molecule has 0 fully saturated rings. The van der Waals surface area contributed by atoms with Crippen molar-refractivity contribution in [1.82, 2.24) is 0 Å². The van der Waals surface area contributed by atoms with Crippen LogP contribution in [0.4, 0.5) is 0 Å². The summed E-state index contributed by atoms with van der Waals surface area (Å²) in [7, 11) is 0. The maximum atomic E-state index is 8.68. The second-order valence-electron chi connectivity index (χ2n) is 4.17. The maximum Gasteiger partial charge on any atom is 0.0546 e. The van der Waals surface area contributed by atoms with E-state index in [4.69, 9.17) is 9.84 Å². The fourth-order valence-electron chi connectivity index (χ4n) is 1.71. The van der Waals surface area contributed by atoms with E-state index >= 15 is 0 Å². The van der Waals surface area contributed by atoms with Crippen molar-refractivity contribution in [3.63, 3.8) is 0 Å². The van der Waals surface area contributed by atoms with Crippen LogP contribution in [0.25, 0.3) is 0 Å². The topological polar surface area (TPSA) is 29.5 Å². The standard InChI is InChI=1S/C12H26O2/c1-4-14-12(3)9-5-7-11(2)8-6-10-13/h11-13H,4-10H2,1-3H3/t11-,12?/m1/s1. The van der Waals surface area contributed by atoms with E-state index in [2.05, 4.69) is 13.8 Å². The van der Waals surface area contributed by atoms with Gasteiger partial charge in [-0.05, 0) is 39.0 Å². The molecule has 0 radical (unpaired) electrons. The van der Waals surface area contributed by atoms with Gasteiger partial charge in [0.15, 0.2) is 0 Å². The first-order chi connectivity index (χ1) is 6.70. The SMILES string of the molecule is CCOC(C)CCC[C@@H](C)CCCO. The van der Waals surface area contributed by atoms with Crippen molar-refractivity contribution in [3.8, 4) is 0 Å². The molecule has 0 heterocycles. The Morgan fingerprint density at radius 3 is 2.29 bits per heavy atom. The quantitative estimate of drug-likeness (QED) is 0.623. The van der Waals surface area contributed by atoms with Gasteiger partial charge >= 0.3 is 0 Å². The Labute approximate surface area is 88.7 Å². The molecular weight excluding hydrogens is 176 g/mol. The Bertz CT molecular complexity index is 115. The fraction of sp³-hybridized carbons (Fsp3) is 1.00. The lowest BCUT2D eigenvalue weighted by Gasteiger charge is -2.13. The van der Waals surface area contributed by atoms with E-state index in [0.29, 0.717) is 12.7 Å². The molecule has 0 aromatic heterocycles. The molecule has 0 bridgehead atoms. The zero-order valence-electron chi connectivity index (χ0n) is 9.96. The zero-order valence-corrected chi connectivity index (χ0v) is 9.96. The minimum Gasteiger partial charge on any atom is -0.396 e. The number of hydrogen-bond donors (Lipinski definition) is 1. The van der Waals surface area contributed by atoms with Crippen LogP contribution in [0.2, 0.25) is 0 Å². The summed E-state index contributed by atoms with van der Waals surface area (Å²) in [5.74, 6) is 0.746. The number of ether oxygens (including phenoxy) is 1. The third-order valence-corrected chi connectivity index (χ3v) is 2.61. The van der Waals surface area contributed by atoms with Crippen LogP contribution in [-0.4, -0.2) is 24.4 Å². The first-order valence-corrected chi connectivity index (χ1v) is 5.93. The van der Waals surface area contributed by atoms with Crippen LogP contribution in [0.5, 0.6) is 0 Å². The molecule has 0 saturated heterocycles. The van der Waals surface area contributed by atoms with Crippen molar-refractivity contribution in [2.24, 2.45) is 5.92 Å². The monoisotopic (exact) mass is 202 g/mol. The molecule has 0 amide bonds. The number of aliphatic hydroxyl groups excluding tert-OH is 1. The highest BCUT2D eigenvalue weighted by atomic mass is 16.5. The van der Waals surface area contributed by atoms with Gasteiger partial charge in [0, 0.05) is 13.2 Å². The van der Waals surface area contributed by atoms with Crippen LogP contribution in [0.3, 0.4) is 0 Å². The van der Waals surface area contributed by atoms with Crippen LogP contribution >= 0.6 is 0 Å². The Hall–Kier alpha value is -0.0800. The van der Waals surface area contributed by atoms with E-state index in [1.54, 1.807) is 0 Å². The third-order valence-electron chi connectivity index (χ3n) is 2.61. The molecule has 86 valence electrons. The third kappa shape index (κ3) is 8.52. The minimum absolute atomic E-state index is 0.333. The summed E-state index contributed by atoms with van der Waals surface area (Å²) in [5.41, 5.74) is 0. The molecule has 0 aliphatic rings. The Morgan fingerprint density at radius 2 is 1.71 bits per heavy atom. The normalized spacial score (nSPS) is 15.4. The number of aliphatic hydroxyl groups is 1. The summed E-state index contributed by atoms with van der Waals surface area (Å²) in [6, 6.07) is 0. The predicted molar refractivity (Wildman–Crippen MR) is 60.4 cm³/mol. The van der Waals surface area contributed by atoms with Gasteiger partial charge in [0.25, 0.3) is 0 Å². The van der Waals surface area contributed by atoms with Gasteiger partial charge in [-0.2, -0.15) is 0 Å². The lowest BCUT2D eigenvalue weighted by Crippen LogP contribution is -2.08. The first kappa shape index (κ1) is 13.9. The molecule has 1 N–H and O–H groups in total. The number of hydrogen-bond acceptors (Lipinski definition) is 2. The molecule has 0 rings (SSSR count). The van der Waals surface area contributed by atoms with E-state index in [0.717, 1.165) is 31.8 Å². The molecule has 0 spiro atoms. The molecule has 2 atom stereocenters. The van der Waals surface area contributed by atoms with E-state index in [1.165, 1.54) is 12.8 Å². The summed E-state index contributed by atoms with van der Waals surface area (Å²) in [6.07, 6.45) is 6.18. The van der Waals surface area contributed by atoms with Crippen molar-refractivity contribution in [2.75, 3.05) is 13.2 Å². The number of rotatable bonds is 9. The van der Waals surface area contributed by atoms with Crippen molar-refractivity contribution in [3.05, 3.63) is 0 Å². The summed E-state index contributed by atoms with van der Waals surface area (Å²) in [4.78, 5) is 0. The molecule has 0 aromatic carbocycles. The summed E-state index contributed by atoms with van der Waals surface area (Å²) < 4.78 is 5.46. The van der Waals surface area contributed by atoms with Crippen molar-refractivity contribution in [2.45, 2.75) is 59.0 Å². The second kappa shape index (κ2) is 9.47. The molecular formula is C12H26O2. The van der Waals surface area contributed by atoms with Crippen LogP contribution in [0, 0.1) is 5.92 Å². The lowest BCUT2D eigenvalue weighted by molar-refractivity contribution is 0.0675. The molecule has 14 heavy (non-hydrogen) atoms. The molecule has 0 aliphatic heterocycles. The smallest absolute Gasteiger partial charge is 0.0546 e. The predicted octanol–water partition coefficient (Wildman–Crippen LogP) is 2.99. The molecule has 0 aromatic rings. The summed E-state index contributed by atoms with van der Waals surface area (Å²) >= 11 is 0. The minimum atomic E-state index is 0.333. The zero-order chi connectivity index (χ0) is 10.8. The van der Waals surface area contributed by atoms with Crippen molar-refractivity contribution < 1.29 is 9.84 Å². The molecule has 0 aliphatic carbocycles.